The summed E-state index contributed by atoms with van der Waals surface area (Å²) in [6.07, 6.45) is 0. The van der Waals surface area contributed by atoms with Gasteiger partial charge < -0.3 is 15.8 Å². The standard InChI is InChI=1S/C12H15ClN2O2/c1-6-8(14)4-7(13)10-9(6)15-11(16)12(2,3)5-17-10/h4H,5,14H2,1-3H3,(H,15,16). The van der Waals surface area contributed by atoms with Gasteiger partial charge in [-0.3, -0.25) is 4.79 Å². The number of carbonyl (C=O) groups is 1. The van der Waals surface area contributed by atoms with Crippen molar-refractivity contribution in [3.05, 3.63) is 16.7 Å². The van der Waals surface area contributed by atoms with E-state index < -0.39 is 5.41 Å². The van der Waals surface area contributed by atoms with Crippen LogP contribution in [-0.4, -0.2) is 12.5 Å². The fourth-order valence-corrected chi connectivity index (χ4v) is 1.90. The van der Waals surface area contributed by atoms with E-state index in [4.69, 9.17) is 22.1 Å². The smallest absolute Gasteiger partial charge is 0.233 e. The van der Waals surface area contributed by atoms with Crippen molar-refractivity contribution >= 4 is 28.9 Å². The number of nitrogens with two attached hydrogens (primary N) is 1. The molecule has 0 spiro atoms. The predicted molar refractivity (Wildman–Crippen MR) is 68.5 cm³/mol. The Morgan fingerprint density at radius 3 is 2.82 bits per heavy atom. The van der Waals surface area contributed by atoms with Gasteiger partial charge in [-0.25, -0.2) is 0 Å². The summed E-state index contributed by atoms with van der Waals surface area (Å²) >= 11 is 6.08. The Bertz CT molecular complexity index is 498. The lowest BCUT2D eigenvalue weighted by molar-refractivity contribution is -0.124. The first-order valence-electron chi connectivity index (χ1n) is 5.36. The Kier molecular flexibility index (Phi) is 2.70. The third-order valence-corrected chi connectivity index (χ3v) is 3.25. The van der Waals surface area contributed by atoms with E-state index in [2.05, 4.69) is 5.32 Å². The molecule has 0 bridgehead atoms. The Morgan fingerprint density at radius 1 is 1.53 bits per heavy atom. The molecule has 0 radical (unpaired) electrons. The molecule has 1 aliphatic heterocycles. The Hall–Kier alpha value is -1.42. The van der Waals surface area contributed by atoms with Crippen LogP contribution in [-0.2, 0) is 4.79 Å². The summed E-state index contributed by atoms with van der Waals surface area (Å²) in [4.78, 5) is 12.0. The van der Waals surface area contributed by atoms with Gasteiger partial charge in [-0.15, -0.1) is 0 Å². The highest BCUT2D eigenvalue weighted by atomic mass is 35.5. The van der Waals surface area contributed by atoms with E-state index in [1.54, 1.807) is 6.07 Å². The van der Waals surface area contributed by atoms with Crippen molar-refractivity contribution in [3.63, 3.8) is 0 Å². The maximum absolute atomic E-state index is 12.0. The van der Waals surface area contributed by atoms with Crippen molar-refractivity contribution < 1.29 is 9.53 Å². The van der Waals surface area contributed by atoms with Crippen molar-refractivity contribution in [2.75, 3.05) is 17.7 Å². The predicted octanol–water partition coefficient (Wildman–Crippen LogP) is 2.59. The number of nitrogen functional groups attached to an aromatic ring is 1. The molecule has 5 heteroatoms. The molecule has 17 heavy (non-hydrogen) atoms. The number of anilines is 2. The largest absolute Gasteiger partial charge is 0.489 e. The Balaban J connectivity index is 2.58. The lowest BCUT2D eigenvalue weighted by atomic mass is 9.94. The van der Waals surface area contributed by atoms with Gasteiger partial charge >= 0.3 is 0 Å². The van der Waals surface area contributed by atoms with Crippen molar-refractivity contribution in [2.45, 2.75) is 20.8 Å². The molecule has 1 heterocycles. The molecule has 0 aromatic heterocycles. The van der Waals surface area contributed by atoms with Crippen LogP contribution in [0.2, 0.25) is 5.02 Å². The van der Waals surface area contributed by atoms with E-state index in [1.807, 2.05) is 20.8 Å². The molecular weight excluding hydrogens is 240 g/mol. The van der Waals surface area contributed by atoms with Crippen molar-refractivity contribution in [3.8, 4) is 5.75 Å². The summed E-state index contributed by atoms with van der Waals surface area (Å²) in [6, 6.07) is 1.64. The van der Waals surface area contributed by atoms with Crippen molar-refractivity contribution in [2.24, 2.45) is 5.41 Å². The molecule has 1 aromatic carbocycles. The van der Waals surface area contributed by atoms with Crippen LogP contribution in [0.15, 0.2) is 6.07 Å². The first-order valence-corrected chi connectivity index (χ1v) is 5.73. The molecule has 1 aliphatic rings. The maximum Gasteiger partial charge on any atom is 0.233 e. The van der Waals surface area contributed by atoms with Gasteiger partial charge in [0.05, 0.1) is 16.1 Å². The summed E-state index contributed by atoms with van der Waals surface area (Å²) in [5.41, 5.74) is 7.11. The van der Waals surface area contributed by atoms with Crippen molar-refractivity contribution in [1.82, 2.24) is 0 Å². The number of nitrogens with one attached hydrogen (secondary N) is 1. The summed E-state index contributed by atoms with van der Waals surface area (Å²) in [6.45, 7) is 5.75. The zero-order valence-corrected chi connectivity index (χ0v) is 10.8. The van der Waals surface area contributed by atoms with E-state index in [0.29, 0.717) is 22.1 Å². The minimum atomic E-state index is -0.594. The lowest BCUT2D eigenvalue weighted by Crippen LogP contribution is -2.33. The first-order chi connectivity index (χ1) is 7.83. The summed E-state index contributed by atoms with van der Waals surface area (Å²) in [5, 5.41) is 3.25. The van der Waals surface area contributed by atoms with Gasteiger partial charge in [-0.2, -0.15) is 0 Å². The second-order valence-corrected chi connectivity index (χ2v) is 5.31. The number of hydrogen-bond acceptors (Lipinski definition) is 3. The van der Waals surface area contributed by atoms with Crippen LogP contribution < -0.4 is 15.8 Å². The normalized spacial score (nSPS) is 17.8. The molecule has 4 nitrogen and oxygen atoms in total. The molecule has 0 fully saturated rings. The Morgan fingerprint density at radius 2 is 2.18 bits per heavy atom. The molecule has 0 saturated heterocycles. The second-order valence-electron chi connectivity index (χ2n) is 4.90. The fourth-order valence-electron chi connectivity index (χ4n) is 1.64. The number of amides is 1. The van der Waals surface area contributed by atoms with Gasteiger partial charge in [0.15, 0.2) is 5.75 Å². The molecule has 0 saturated carbocycles. The second kappa shape index (κ2) is 3.81. The molecule has 0 atom stereocenters. The molecular formula is C12H15ClN2O2. The fraction of sp³-hybridized carbons (Fsp3) is 0.417. The van der Waals surface area contributed by atoms with Crippen LogP contribution in [0.1, 0.15) is 19.4 Å². The molecule has 0 aliphatic carbocycles. The summed E-state index contributed by atoms with van der Waals surface area (Å²) < 4.78 is 5.63. The van der Waals surface area contributed by atoms with Crippen LogP contribution in [0.3, 0.4) is 0 Å². The highest BCUT2D eigenvalue weighted by molar-refractivity contribution is 6.33. The molecule has 1 amide bonds. The quantitative estimate of drug-likeness (QED) is 0.700. The number of fused-ring (bicyclic) bond motifs is 1. The van der Waals surface area contributed by atoms with E-state index in [1.165, 1.54) is 0 Å². The zero-order chi connectivity index (χ0) is 12.8. The minimum Gasteiger partial charge on any atom is -0.489 e. The number of ether oxygens (including phenoxy) is 1. The third-order valence-electron chi connectivity index (χ3n) is 2.96. The highest BCUT2D eigenvalue weighted by Gasteiger charge is 2.34. The van der Waals surface area contributed by atoms with E-state index in [0.717, 1.165) is 5.56 Å². The lowest BCUT2D eigenvalue weighted by Gasteiger charge is -2.18. The van der Waals surface area contributed by atoms with E-state index >= 15 is 0 Å². The zero-order valence-electron chi connectivity index (χ0n) is 10.1. The van der Waals surface area contributed by atoms with Crippen LogP contribution in [0, 0.1) is 12.3 Å². The number of halogens is 1. The van der Waals surface area contributed by atoms with E-state index in [-0.39, 0.29) is 12.5 Å². The molecule has 92 valence electrons. The van der Waals surface area contributed by atoms with Gasteiger partial charge in [0.25, 0.3) is 0 Å². The van der Waals surface area contributed by atoms with E-state index in [9.17, 15) is 4.79 Å². The SMILES string of the molecule is Cc1c(N)cc(Cl)c2c1NC(=O)C(C)(C)CO2. The average Bonchev–Trinajstić information content (AvgIpc) is 2.35. The van der Waals surface area contributed by atoms with Gasteiger partial charge in [-0.1, -0.05) is 11.6 Å². The first kappa shape index (κ1) is 12.0. The van der Waals surface area contributed by atoms with Crippen LogP contribution in [0.4, 0.5) is 11.4 Å². The van der Waals surface area contributed by atoms with Crippen LogP contribution >= 0.6 is 11.6 Å². The average molecular weight is 255 g/mol. The number of rotatable bonds is 0. The number of carbonyl (C=O) groups excluding carboxylic acids is 1. The monoisotopic (exact) mass is 254 g/mol. The highest BCUT2D eigenvalue weighted by Crippen LogP contribution is 2.42. The van der Waals surface area contributed by atoms with Gasteiger partial charge in [-0.05, 0) is 32.4 Å². The summed E-state index contributed by atoms with van der Waals surface area (Å²) in [7, 11) is 0. The van der Waals surface area contributed by atoms with Gasteiger partial charge in [0.1, 0.15) is 6.61 Å². The molecule has 0 unspecified atom stereocenters. The summed E-state index contributed by atoms with van der Waals surface area (Å²) in [5.74, 6) is 0.401. The third kappa shape index (κ3) is 1.93. The number of hydrogen-bond donors (Lipinski definition) is 2. The maximum atomic E-state index is 12.0. The molecule has 1 aromatic rings. The number of benzene rings is 1. The van der Waals surface area contributed by atoms with Crippen LogP contribution in [0.25, 0.3) is 0 Å². The topological polar surface area (TPSA) is 64.3 Å². The molecule has 3 N–H and O–H groups in total. The molecule has 2 rings (SSSR count). The van der Waals surface area contributed by atoms with Gasteiger partial charge in [0, 0.05) is 5.69 Å². The van der Waals surface area contributed by atoms with Crippen LogP contribution in [0.5, 0.6) is 5.75 Å². The minimum absolute atomic E-state index is 0.0963. The Labute approximate surface area is 105 Å². The van der Waals surface area contributed by atoms with Gasteiger partial charge in [0.2, 0.25) is 5.91 Å². The van der Waals surface area contributed by atoms with Crippen molar-refractivity contribution in [1.29, 1.82) is 0 Å².